The Kier molecular flexibility index (Phi) is 6.92. The molecule has 2 rings (SSSR count). The van der Waals surface area contributed by atoms with Crippen molar-refractivity contribution in [2.45, 2.75) is 59.0 Å². The Bertz CT molecular complexity index is 663. The molecule has 2 aromatic carbocycles. The van der Waals surface area contributed by atoms with Gasteiger partial charge in [-0.1, -0.05) is 45.0 Å². The highest BCUT2D eigenvalue weighted by Crippen LogP contribution is 2.26. The van der Waals surface area contributed by atoms with E-state index in [0.717, 1.165) is 18.7 Å². The smallest absolute Gasteiger partial charge is 0.119 e. The Morgan fingerprint density at radius 3 is 2.24 bits per heavy atom. The van der Waals surface area contributed by atoms with E-state index in [0.29, 0.717) is 11.8 Å². The number of rotatable bonds is 8. The van der Waals surface area contributed by atoms with Crippen molar-refractivity contribution in [3.63, 3.8) is 0 Å². The number of benzene rings is 2. The van der Waals surface area contributed by atoms with Gasteiger partial charge in [0.2, 0.25) is 0 Å². The van der Waals surface area contributed by atoms with E-state index < -0.39 is 0 Å². The van der Waals surface area contributed by atoms with E-state index in [2.05, 4.69) is 89.0 Å². The molecule has 0 N–H and O–H groups in total. The van der Waals surface area contributed by atoms with Crippen LogP contribution in [0.2, 0.25) is 0 Å². The topological polar surface area (TPSA) is 12.5 Å². The molecule has 0 heterocycles. The zero-order valence-corrected chi connectivity index (χ0v) is 16.6. The molecule has 136 valence electrons. The molecule has 0 spiro atoms. The van der Waals surface area contributed by atoms with Crippen LogP contribution in [0, 0.1) is 0 Å². The van der Waals surface area contributed by atoms with E-state index in [4.69, 9.17) is 4.74 Å². The Morgan fingerprint density at radius 2 is 1.56 bits per heavy atom. The Balaban J connectivity index is 1.97. The van der Waals surface area contributed by atoms with E-state index >= 15 is 0 Å². The maximum absolute atomic E-state index is 5.83. The molecule has 0 aromatic heterocycles. The summed E-state index contributed by atoms with van der Waals surface area (Å²) in [6.07, 6.45) is 1.33. The number of anilines is 1. The zero-order chi connectivity index (χ0) is 18.4. The third kappa shape index (κ3) is 5.81. The Hall–Kier alpha value is -1.96. The van der Waals surface area contributed by atoms with Gasteiger partial charge in [-0.25, -0.2) is 0 Å². The molecule has 25 heavy (non-hydrogen) atoms. The predicted octanol–water partition coefficient (Wildman–Crippen LogP) is 6.23. The van der Waals surface area contributed by atoms with Crippen LogP contribution < -0.4 is 9.64 Å². The highest BCUT2D eigenvalue weighted by atomic mass is 16.5. The lowest BCUT2D eigenvalue weighted by Gasteiger charge is -2.23. The maximum Gasteiger partial charge on any atom is 0.119 e. The molecule has 2 nitrogen and oxygen atoms in total. The molecular formula is C23H33NO. The predicted molar refractivity (Wildman–Crippen MR) is 109 cm³/mol. The molecule has 0 saturated carbocycles. The van der Waals surface area contributed by atoms with Crippen LogP contribution >= 0.6 is 0 Å². The highest BCUT2D eigenvalue weighted by molar-refractivity contribution is 5.48. The second kappa shape index (κ2) is 8.94. The molecular weight excluding hydrogens is 306 g/mol. The van der Waals surface area contributed by atoms with Crippen molar-refractivity contribution in [2.24, 2.45) is 0 Å². The molecule has 0 bridgehead atoms. The van der Waals surface area contributed by atoms with Crippen LogP contribution in [0.25, 0.3) is 0 Å². The average molecular weight is 340 g/mol. The molecule has 2 heteroatoms. The molecule has 0 amide bonds. The molecule has 1 atom stereocenters. The van der Waals surface area contributed by atoms with E-state index in [9.17, 15) is 0 Å². The lowest BCUT2D eigenvalue weighted by atomic mass is 9.97. The van der Waals surface area contributed by atoms with Crippen molar-refractivity contribution in [2.75, 3.05) is 18.5 Å². The first kappa shape index (κ1) is 19.4. The third-order valence-corrected chi connectivity index (χ3v) is 4.67. The van der Waals surface area contributed by atoms with Gasteiger partial charge in [0.25, 0.3) is 0 Å². The first-order chi connectivity index (χ1) is 11.9. The van der Waals surface area contributed by atoms with Crippen molar-refractivity contribution in [1.82, 2.24) is 0 Å². The first-order valence-corrected chi connectivity index (χ1v) is 9.44. The van der Waals surface area contributed by atoms with E-state index in [1.54, 1.807) is 0 Å². The van der Waals surface area contributed by atoms with Crippen molar-refractivity contribution in [1.29, 1.82) is 0 Å². The van der Waals surface area contributed by atoms with Gasteiger partial charge in [0.15, 0.2) is 0 Å². The van der Waals surface area contributed by atoms with Gasteiger partial charge in [-0.15, -0.1) is 0 Å². The zero-order valence-electron chi connectivity index (χ0n) is 16.6. The lowest BCUT2D eigenvalue weighted by Crippen LogP contribution is -2.20. The minimum Gasteiger partial charge on any atom is -0.491 e. The highest BCUT2D eigenvalue weighted by Gasteiger charge is 2.10. The summed E-state index contributed by atoms with van der Waals surface area (Å²) in [6, 6.07) is 17.4. The van der Waals surface area contributed by atoms with Gasteiger partial charge in [-0.3, -0.25) is 0 Å². The van der Waals surface area contributed by atoms with E-state index in [1.807, 2.05) is 6.07 Å². The second-order valence-electron chi connectivity index (χ2n) is 7.60. The quantitative estimate of drug-likeness (QED) is 0.565. The number of hydrogen-bond acceptors (Lipinski definition) is 2. The normalized spacial score (nSPS) is 12.5. The van der Waals surface area contributed by atoms with Crippen molar-refractivity contribution >= 4 is 5.69 Å². The first-order valence-electron chi connectivity index (χ1n) is 9.44. The second-order valence-corrected chi connectivity index (χ2v) is 7.60. The molecule has 0 fully saturated rings. The van der Waals surface area contributed by atoms with Gasteiger partial charge < -0.3 is 9.64 Å². The van der Waals surface area contributed by atoms with Gasteiger partial charge >= 0.3 is 0 Å². The average Bonchev–Trinajstić information content (AvgIpc) is 2.59. The standard InChI is InChI=1S/C23H33NO/c1-17(2)20-9-7-11-22(15-20)24(6)14-13-19(5)21-10-8-12-23(16-21)25-18(3)4/h7-12,15-19H,13-14H2,1-6H3. The Labute approximate surface area is 153 Å². The van der Waals surface area contributed by atoms with E-state index in [-0.39, 0.29) is 6.10 Å². The van der Waals surface area contributed by atoms with Gasteiger partial charge in [-0.2, -0.15) is 0 Å². The summed E-state index contributed by atoms with van der Waals surface area (Å²) in [6.45, 7) is 12.0. The van der Waals surface area contributed by atoms with Gasteiger partial charge in [0.1, 0.15) is 5.75 Å². The summed E-state index contributed by atoms with van der Waals surface area (Å²) in [5, 5.41) is 0. The van der Waals surface area contributed by atoms with Crippen LogP contribution in [0.1, 0.15) is 64.0 Å². The summed E-state index contributed by atoms with van der Waals surface area (Å²) in [5.41, 5.74) is 4.05. The maximum atomic E-state index is 5.83. The summed E-state index contributed by atoms with van der Waals surface area (Å²) < 4.78 is 5.83. The van der Waals surface area contributed by atoms with Crippen LogP contribution in [0.4, 0.5) is 5.69 Å². The molecule has 0 radical (unpaired) electrons. The summed E-state index contributed by atoms with van der Waals surface area (Å²) in [7, 11) is 2.18. The number of hydrogen-bond donors (Lipinski definition) is 0. The minimum absolute atomic E-state index is 0.213. The largest absolute Gasteiger partial charge is 0.491 e. The molecule has 0 aliphatic rings. The minimum atomic E-state index is 0.213. The SMILES string of the molecule is CC(C)Oc1cccc(C(C)CCN(C)c2cccc(C(C)C)c2)c1. The summed E-state index contributed by atoms with van der Waals surface area (Å²) in [5.74, 6) is 2.04. The summed E-state index contributed by atoms with van der Waals surface area (Å²) >= 11 is 0. The molecule has 0 aliphatic heterocycles. The monoisotopic (exact) mass is 339 g/mol. The molecule has 2 aromatic rings. The van der Waals surface area contributed by atoms with Crippen molar-refractivity contribution < 1.29 is 4.74 Å². The number of nitrogens with zero attached hydrogens (tertiary/aromatic N) is 1. The van der Waals surface area contributed by atoms with Gasteiger partial charge in [0, 0.05) is 19.3 Å². The molecule has 0 aliphatic carbocycles. The van der Waals surface area contributed by atoms with Crippen LogP contribution in [0.15, 0.2) is 48.5 Å². The van der Waals surface area contributed by atoms with Gasteiger partial charge in [-0.05, 0) is 67.5 Å². The molecule has 1 unspecified atom stereocenters. The lowest BCUT2D eigenvalue weighted by molar-refractivity contribution is 0.242. The Morgan fingerprint density at radius 1 is 0.880 bits per heavy atom. The molecule has 0 saturated heterocycles. The van der Waals surface area contributed by atoms with Crippen LogP contribution in [0.3, 0.4) is 0 Å². The van der Waals surface area contributed by atoms with Gasteiger partial charge in [0.05, 0.1) is 6.10 Å². The number of ether oxygens (including phenoxy) is 1. The fourth-order valence-electron chi connectivity index (χ4n) is 2.97. The van der Waals surface area contributed by atoms with E-state index in [1.165, 1.54) is 16.8 Å². The van der Waals surface area contributed by atoms with Crippen LogP contribution in [-0.2, 0) is 0 Å². The fraction of sp³-hybridized carbons (Fsp3) is 0.478. The van der Waals surface area contributed by atoms with Crippen LogP contribution in [0.5, 0.6) is 5.75 Å². The fourth-order valence-corrected chi connectivity index (χ4v) is 2.97. The van der Waals surface area contributed by atoms with Crippen molar-refractivity contribution in [3.8, 4) is 5.75 Å². The van der Waals surface area contributed by atoms with Crippen LogP contribution in [-0.4, -0.2) is 19.7 Å². The van der Waals surface area contributed by atoms with Crippen molar-refractivity contribution in [3.05, 3.63) is 59.7 Å². The third-order valence-electron chi connectivity index (χ3n) is 4.67. The summed E-state index contributed by atoms with van der Waals surface area (Å²) in [4.78, 5) is 2.36.